The zero-order valence-electron chi connectivity index (χ0n) is 14.5. The van der Waals surface area contributed by atoms with Crippen molar-refractivity contribution in [3.05, 3.63) is 35.9 Å². The van der Waals surface area contributed by atoms with Crippen molar-refractivity contribution >= 4 is 5.97 Å². The summed E-state index contributed by atoms with van der Waals surface area (Å²) in [7, 11) is 0. The minimum Gasteiger partial charge on any atom is -0.460 e. The van der Waals surface area contributed by atoms with Crippen molar-refractivity contribution in [1.82, 2.24) is 0 Å². The van der Waals surface area contributed by atoms with E-state index in [1.165, 1.54) is 44.9 Å². The van der Waals surface area contributed by atoms with Crippen LogP contribution in [0.2, 0.25) is 0 Å². The molecule has 1 aromatic carbocycles. The third kappa shape index (κ3) is 11.5. The van der Waals surface area contributed by atoms with Crippen LogP contribution in [0.1, 0.15) is 76.7 Å². The highest BCUT2D eigenvalue weighted by Crippen LogP contribution is 2.09. The monoisotopic (exact) mass is 314 g/mol. The Morgan fingerprint density at radius 3 is 2.26 bits per heavy atom. The van der Waals surface area contributed by atoms with Gasteiger partial charge >= 0.3 is 5.97 Å². The number of benzene rings is 1. The van der Waals surface area contributed by atoms with Crippen molar-refractivity contribution in [3.8, 4) is 11.8 Å². The van der Waals surface area contributed by atoms with Crippen molar-refractivity contribution in [3.63, 3.8) is 0 Å². The predicted molar refractivity (Wildman–Crippen MR) is 95.9 cm³/mol. The van der Waals surface area contributed by atoms with E-state index in [0.29, 0.717) is 6.61 Å². The van der Waals surface area contributed by atoms with E-state index in [4.69, 9.17) is 4.74 Å². The van der Waals surface area contributed by atoms with Crippen LogP contribution in [-0.4, -0.2) is 5.97 Å². The molecule has 1 aromatic rings. The summed E-state index contributed by atoms with van der Waals surface area (Å²) < 4.78 is 5.18. The molecule has 0 bridgehead atoms. The highest BCUT2D eigenvalue weighted by molar-refractivity contribution is 5.72. The summed E-state index contributed by atoms with van der Waals surface area (Å²) in [6, 6.07) is 9.71. The number of unbranched alkanes of at least 4 members (excludes halogenated alkanes) is 8. The Balaban J connectivity index is 1.95. The molecule has 0 radical (unpaired) electrons. The molecule has 1 rings (SSSR count). The minimum atomic E-state index is -0.239. The van der Waals surface area contributed by atoms with E-state index in [1.807, 2.05) is 30.3 Å². The fourth-order valence-electron chi connectivity index (χ4n) is 2.36. The SMILES string of the molecule is CCCCCCCCCCC#CCC(=O)OCc1ccccc1. The fraction of sp³-hybridized carbons (Fsp3) is 0.571. The normalized spacial score (nSPS) is 9.96. The van der Waals surface area contributed by atoms with Crippen LogP contribution in [0.4, 0.5) is 0 Å². The molecule has 0 saturated carbocycles. The molecule has 0 fully saturated rings. The van der Waals surface area contributed by atoms with Crippen LogP contribution < -0.4 is 0 Å². The van der Waals surface area contributed by atoms with Gasteiger partial charge in [-0.05, 0) is 12.0 Å². The summed E-state index contributed by atoms with van der Waals surface area (Å²) in [5.41, 5.74) is 1.01. The zero-order chi connectivity index (χ0) is 16.6. The molecule has 0 amide bonds. The Morgan fingerprint density at radius 1 is 0.913 bits per heavy atom. The van der Waals surface area contributed by atoms with Gasteiger partial charge in [-0.15, -0.1) is 5.92 Å². The first-order valence-corrected chi connectivity index (χ1v) is 8.98. The Hall–Kier alpha value is -1.75. The molecule has 2 nitrogen and oxygen atoms in total. The van der Waals surface area contributed by atoms with Gasteiger partial charge < -0.3 is 4.74 Å². The third-order valence-electron chi connectivity index (χ3n) is 3.76. The standard InChI is InChI=1S/C21H30O2/c1-2-3-4-5-6-7-8-9-10-11-15-18-21(22)23-19-20-16-13-12-14-17-20/h12-14,16-17H,2-10,18-19H2,1H3. The molecule has 0 saturated heterocycles. The maximum absolute atomic E-state index is 11.6. The second-order valence-electron chi connectivity index (χ2n) is 5.90. The Morgan fingerprint density at radius 2 is 1.57 bits per heavy atom. The van der Waals surface area contributed by atoms with Gasteiger partial charge in [0.2, 0.25) is 0 Å². The molecule has 0 spiro atoms. The van der Waals surface area contributed by atoms with Gasteiger partial charge in [-0.3, -0.25) is 4.79 Å². The van der Waals surface area contributed by atoms with Crippen LogP contribution in [0.5, 0.6) is 0 Å². The molecule has 0 heterocycles. The minimum absolute atomic E-state index is 0.198. The highest BCUT2D eigenvalue weighted by atomic mass is 16.5. The summed E-state index contributed by atoms with van der Waals surface area (Å²) in [6.45, 7) is 2.58. The van der Waals surface area contributed by atoms with Gasteiger partial charge in [0.25, 0.3) is 0 Å². The molecule has 23 heavy (non-hydrogen) atoms. The average molecular weight is 314 g/mol. The van der Waals surface area contributed by atoms with Crippen LogP contribution in [0.3, 0.4) is 0 Å². The number of hydrogen-bond acceptors (Lipinski definition) is 2. The Bertz CT molecular complexity index is 468. The van der Waals surface area contributed by atoms with Crippen LogP contribution in [-0.2, 0) is 16.1 Å². The van der Waals surface area contributed by atoms with Gasteiger partial charge in [-0.2, -0.15) is 0 Å². The van der Waals surface area contributed by atoms with Crippen LogP contribution in [0.15, 0.2) is 30.3 Å². The largest absolute Gasteiger partial charge is 0.460 e. The van der Waals surface area contributed by atoms with E-state index < -0.39 is 0 Å². The quantitative estimate of drug-likeness (QED) is 0.299. The Kier molecular flexibility index (Phi) is 11.6. The van der Waals surface area contributed by atoms with Crippen molar-refractivity contribution in [2.24, 2.45) is 0 Å². The van der Waals surface area contributed by atoms with E-state index in [-0.39, 0.29) is 12.4 Å². The van der Waals surface area contributed by atoms with Crippen molar-refractivity contribution in [2.45, 2.75) is 77.7 Å². The first kappa shape index (κ1) is 19.3. The molecule has 0 aliphatic heterocycles. The number of ether oxygens (including phenoxy) is 1. The molecule has 126 valence electrons. The third-order valence-corrected chi connectivity index (χ3v) is 3.76. The first-order valence-electron chi connectivity index (χ1n) is 8.98. The summed E-state index contributed by atoms with van der Waals surface area (Å²) in [4.78, 5) is 11.6. The number of carbonyl (C=O) groups excluding carboxylic acids is 1. The Labute approximate surface area is 141 Å². The zero-order valence-corrected chi connectivity index (χ0v) is 14.5. The number of carbonyl (C=O) groups is 1. The van der Waals surface area contributed by atoms with Gasteiger partial charge in [0.15, 0.2) is 0 Å². The first-order chi connectivity index (χ1) is 11.3. The van der Waals surface area contributed by atoms with Gasteiger partial charge in [0.05, 0.1) is 0 Å². The molecule has 0 N–H and O–H groups in total. The van der Waals surface area contributed by atoms with Crippen LogP contribution in [0, 0.1) is 11.8 Å². The lowest BCUT2D eigenvalue weighted by Crippen LogP contribution is -2.02. The number of rotatable bonds is 11. The maximum atomic E-state index is 11.6. The van der Waals surface area contributed by atoms with Gasteiger partial charge in [0.1, 0.15) is 13.0 Å². The molecular weight excluding hydrogens is 284 g/mol. The van der Waals surface area contributed by atoms with Crippen molar-refractivity contribution < 1.29 is 9.53 Å². The van der Waals surface area contributed by atoms with Gasteiger partial charge in [-0.25, -0.2) is 0 Å². The van der Waals surface area contributed by atoms with E-state index in [2.05, 4.69) is 18.8 Å². The van der Waals surface area contributed by atoms with E-state index >= 15 is 0 Å². The van der Waals surface area contributed by atoms with Crippen molar-refractivity contribution in [2.75, 3.05) is 0 Å². The molecular formula is C21H30O2. The summed E-state index contributed by atoms with van der Waals surface area (Å²) in [5, 5.41) is 0. The average Bonchev–Trinajstić information content (AvgIpc) is 2.59. The molecule has 0 aliphatic rings. The number of esters is 1. The van der Waals surface area contributed by atoms with Gasteiger partial charge in [0, 0.05) is 6.42 Å². The highest BCUT2D eigenvalue weighted by Gasteiger charge is 2.00. The summed E-state index contributed by atoms with van der Waals surface area (Å²) in [6.07, 6.45) is 11.6. The van der Waals surface area contributed by atoms with Crippen molar-refractivity contribution in [1.29, 1.82) is 0 Å². The maximum Gasteiger partial charge on any atom is 0.318 e. The predicted octanol–water partition coefficient (Wildman–Crippen LogP) is 5.65. The van der Waals surface area contributed by atoms with E-state index in [1.54, 1.807) is 0 Å². The molecule has 0 aliphatic carbocycles. The molecule has 0 unspecified atom stereocenters. The fourth-order valence-corrected chi connectivity index (χ4v) is 2.36. The van der Waals surface area contributed by atoms with Crippen LogP contribution in [0.25, 0.3) is 0 Å². The molecule has 0 atom stereocenters. The molecule has 0 aromatic heterocycles. The van der Waals surface area contributed by atoms with E-state index in [0.717, 1.165) is 18.4 Å². The topological polar surface area (TPSA) is 26.3 Å². The summed E-state index contributed by atoms with van der Waals surface area (Å²) >= 11 is 0. The lowest BCUT2D eigenvalue weighted by molar-refractivity contribution is -0.143. The van der Waals surface area contributed by atoms with Crippen LogP contribution >= 0.6 is 0 Å². The lowest BCUT2D eigenvalue weighted by atomic mass is 10.1. The summed E-state index contributed by atoms with van der Waals surface area (Å²) in [5.74, 6) is 5.75. The smallest absolute Gasteiger partial charge is 0.318 e. The molecule has 2 heteroatoms. The number of hydrogen-bond donors (Lipinski definition) is 0. The van der Waals surface area contributed by atoms with E-state index in [9.17, 15) is 4.79 Å². The lowest BCUT2D eigenvalue weighted by Gasteiger charge is -2.02. The second kappa shape index (κ2) is 13.9. The van der Waals surface area contributed by atoms with Gasteiger partial charge in [-0.1, -0.05) is 88.1 Å². The second-order valence-corrected chi connectivity index (χ2v) is 5.90.